The molecule has 4 heteroatoms. The van der Waals surface area contributed by atoms with Gasteiger partial charge in [0, 0.05) is 18.3 Å². The second-order valence-electron chi connectivity index (χ2n) is 6.22. The van der Waals surface area contributed by atoms with Crippen LogP contribution in [0.4, 0.5) is 5.69 Å². The number of carboxylic acids is 1. The first-order chi connectivity index (χ1) is 9.98. The normalized spacial score (nSPS) is 20.1. The van der Waals surface area contributed by atoms with Crippen LogP contribution in [0.1, 0.15) is 38.7 Å². The van der Waals surface area contributed by atoms with E-state index >= 15 is 0 Å². The molecule has 0 saturated heterocycles. The van der Waals surface area contributed by atoms with E-state index < -0.39 is 11.5 Å². The minimum absolute atomic E-state index is 0.539. The van der Waals surface area contributed by atoms with Crippen molar-refractivity contribution >= 4 is 11.7 Å². The highest BCUT2D eigenvalue weighted by Gasteiger charge is 2.30. The molecule has 2 N–H and O–H groups in total. The molecule has 4 nitrogen and oxygen atoms in total. The third kappa shape index (κ3) is 3.38. The van der Waals surface area contributed by atoms with Gasteiger partial charge in [-0.2, -0.15) is 0 Å². The van der Waals surface area contributed by atoms with Crippen LogP contribution in [-0.4, -0.2) is 36.2 Å². The number of aliphatic carboxylic acids is 1. The summed E-state index contributed by atoms with van der Waals surface area (Å²) in [6, 6.07) is 9.12. The van der Waals surface area contributed by atoms with Gasteiger partial charge < -0.3 is 15.3 Å². The van der Waals surface area contributed by atoms with Crippen LogP contribution in [0, 0.1) is 0 Å². The smallest absolute Gasteiger partial charge is 0.323 e. The minimum Gasteiger partial charge on any atom is -0.480 e. The van der Waals surface area contributed by atoms with E-state index in [1.54, 1.807) is 14.0 Å². The number of carbonyl (C=O) groups is 1. The summed E-state index contributed by atoms with van der Waals surface area (Å²) in [5, 5.41) is 12.2. The van der Waals surface area contributed by atoms with Crippen molar-refractivity contribution in [2.75, 3.05) is 18.5 Å². The summed E-state index contributed by atoms with van der Waals surface area (Å²) >= 11 is 0. The van der Waals surface area contributed by atoms with Gasteiger partial charge in [-0.25, -0.2) is 0 Å². The van der Waals surface area contributed by atoms with Crippen molar-refractivity contribution in [1.29, 1.82) is 0 Å². The van der Waals surface area contributed by atoms with Gasteiger partial charge in [-0.05, 0) is 58.2 Å². The average Bonchev–Trinajstić information content (AvgIpc) is 2.79. The van der Waals surface area contributed by atoms with E-state index in [1.807, 2.05) is 0 Å². The Hall–Kier alpha value is -1.55. The van der Waals surface area contributed by atoms with E-state index in [0.717, 1.165) is 25.8 Å². The fourth-order valence-electron chi connectivity index (χ4n) is 3.07. The van der Waals surface area contributed by atoms with Gasteiger partial charge in [0.2, 0.25) is 0 Å². The van der Waals surface area contributed by atoms with Crippen molar-refractivity contribution in [2.24, 2.45) is 0 Å². The summed E-state index contributed by atoms with van der Waals surface area (Å²) in [6.07, 6.45) is 3.69. The van der Waals surface area contributed by atoms with Gasteiger partial charge in [0.25, 0.3) is 0 Å². The van der Waals surface area contributed by atoms with Crippen LogP contribution in [-0.2, 0) is 11.2 Å². The molecule has 0 fully saturated rings. The fourth-order valence-corrected chi connectivity index (χ4v) is 3.07. The number of nitrogens with zero attached hydrogens (tertiary/aromatic N) is 1. The molecule has 0 amide bonds. The van der Waals surface area contributed by atoms with Crippen molar-refractivity contribution < 1.29 is 9.90 Å². The molecule has 1 heterocycles. The molecule has 1 aliphatic heterocycles. The molecule has 1 aliphatic rings. The highest BCUT2D eigenvalue weighted by atomic mass is 16.4. The highest BCUT2D eigenvalue weighted by Crippen LogP contribution is 2.32. The molecule has 2 atom stereocenters. The Balaban J connectivity index is 1.86. The van der Waals surface area contributed by atoms with E-state index in [4.69, 9.17) is 0 Å². The third-order valence-corrected chi connectivity index (χ3v) is 4.70. The van der Waals surface area contributed by atoms with Gasteiger partial charge >= 0.3 is 5.97 Å². The second kappa shape index (κ2) is 6.48. The van der Waals surface area contributed by atoms with E-state index in [9.17, 15) is 9.90 Å². The zero-order valence-electron chi connectivity index (χ0n) is 13.2. The Morgan fingerprint density at radius 1 is 1.43 bits per heavy atom. The van der Waals surface area contributed by atoms with Crippen LogP contribution >= 0.6 is 0 Å². The maximum Gasteiger partial charge on any atom is 0.323 e. The number of anilines is 1. The van der Waals surface area contributed by atoms with Crippen LogP contribution in [0.15, 0.2) is 24.3 Å². The SMILES string of the molecule is CNC(C)(CCCCN1c2ccccc2CC1C)C(=O)O. The van der Waals surface area contributed by atoms with E-state index in [0.29, 0.717) is 12.5 Å². The number of unbranched alkanes of at least 4 members (excludes halogenated alkanes) is 1. The van der Waals surface area contributed by atoms with E-state index in [-0.39, 0.29) is 0 Å². The standard InChI is InChI=1S/C17H26N2O2/c1-13-12-14-8-4-5-9-15(14)19(13)11-7-6-10-17(2,18-3)16(20)21/h4-5,8-9,13,18H,6-7,10-12H2,1-3H3,(H,20,21). The Morgan fingerprint density at radius 2 is 2.14 bits per heavy atom. The summed E-state index contributed by atoms with van der Waals surface area (Å²) in [6.45, 7) is 5.01. The molecule has 1 aromatic rings. The maximum absolute atomic E-state index is 11.2. The molecule has 116 valence electrons. The Kier molecular flexibility index (Phi) is 4.88. The van der Waals surface area contributed by atoms with Gasteiger partial charge in [-0.15, -0.1) is 0 Å². The van der Waals surface area contributed by atoms with Gasteiger partial charge in [-0.1, -0.05) is 18.2 Å². The van der Waals surface area contributed by atoms with Crippen molar-refractivity contribution in [3.8, 4) is 0 Å². The Bertz CT molecular complexity index is 503. The van der Waals surface area contributed by atoms with Crippen molar-refractivity contribution in [1.82, 2.24) is 5.32 Å². The fraction of sp³-hybridized carbons (Fsp3) is 0.588. The minimum atomic E-state index is -0.811. The molecular weight excluding hydrogens is 264 g/mol. The lowest BCUT2D eigenvalue weighted by Crippen LogP contribution is -2.47. The van der Waals surface area contributed by atoms with Gasteiger partial charge in [0.05, 0.1) is 0 Å². The summed E-state index contributed by atoms with van der Waals surface area (Å²) < 4.78 is 0. The second-order valence-corrected chi connectivity index (χ2v) is 6.22. The molecule has 1 aromatic carbocycles. The molecule has 0 radical (unpaired) electrons. The van der Waals surface area contributed by atoms with Crippen LogP contribution in [0.2, 0.25) is 0 Å². The molecule has 0 spiro atoms. The van der Waals surface area contributed by atoms with Crippen LogP contribution in [0.3, 0.4) is 0 Å². The number of hydrogen-bond donors (Lipinski definition) is 2. The zero-order chi connectivity index (χ0) is 15.5. The van der Waals surface area contributed by atoms with Crippen LogP contribution in [0.25, 0.3) is 0 Å². The first-order valence-corrected chi connectivity index (χ1v) is 7.75. The largest absolute Gasteiger partial charge is 0.480 e. The summed E-state index contributed by atoms with van der Waals surface area (Å²) in [7, 11) is 1.72. The predicted octanol–water partition coefficient (Wildman–Crippen LogP) is 2.67. The number of fused-ring (bicyclic) bond motifs is 1. The molecule has 0 bridgehead atoms. The van der Waals surface area contributed by atoms with Gasteiger partial charge in [0.1, 0.15) is 5.54 Å². The van der Waals surface area contributed by atoms with Gasteiger partial charge in [-0.3, -0.25) is 4.79 Å². The number of nitrogens with one attached hydrogen (secondary N) is 1. The highest BCUT2D eigenvalue weighted by molar-refractivity contribution is 5.78. The number of rotatable bonds is 7. The summed E-state index contributed by atoms with van der Waals surface area (Å²) in [5.41, 5.74) is 1.96. The third-order valence-electron chi connectivity index (χ3n) is 4.70. The molecule has 0 aliphatic carbocycles. The number of benzene rings is 1. The molecular formula is C17H26N2O2. The molecule has 2 rings (SSSR count). The molecule has 0 aromatic heterocycles. The van der Waals surface area contributed by atoms with Crippen molar-refractivity contribution in [3.63, 3.8) is 0 Å². The number of para-hydroxylation sites is 1. The van der Waals surface area contributed by atoms with Crippen LogP contribution < -0.4 is 10.2 Å². The lowest BCUT2D eigenvalue weighted by atomic mass is 9.95. The number of hydrogen-bond acceptors (Lipinski definition) is 3. The van der Waals surface area contributed by atoms with E-state index in [2.05, 4.69) is 41.4 Å². The molecule has 0 saturated carbocycles. The lowest BCUT2D eigenvalue weighted by molar-refractivity contribution is -0.144. The number of likely N-dealkylation sites (N-methyl/N-ethyl adjacent to an activating group) is 1. The Morgan fingerprint density at radius 3 is 2.81 bits per heavy atom. The Labute approximate surface area is 127 Å². The monoisotopic (exact) mass is 290 g/mol. The maximum atomic E-state index is 11.2. The molecule has 2 unspecified atom stereocenters. The van der Waals surface area contributed by atoms with Gasteiger partial charge in [0.15, 0.2) is 0 Å². The first-order valence-electron chi connectivity index (χ1n) is 7.75. The average molecular weight is 290 g/mol. The lowest BCUT2D eigenvalue weighted by Gasteiger charge is -2.27. The quantitative estimate of drug-likeness (QED) is 0.758. The number of carboxylic acid groups (broad SMARTS) is 1. The molecule has 21 heavy (non-hydrogen) atoms. The first kappa shape index (κ1) is 15.8. The van der Waals surface area contributed by atoms with Crippen molar-refractivity contribution in [2.45, 2.75) is 51.1 Å². The summed E-state index contributed by atoms with van der Waals surface area (Å²) in [4.78, 5) is 13.7. The zero-order valence-corrected chi connectivity index (χ0v) is 13.2. The van der Waals surface area contributed by atoms with E-state index in [1.165, 1.54) is 11.3 Å². The summed E-state index contributed by atoms with van der Waals surface area (Å²) in [5.74, 6) is -0.773. The topological polar surface area (TPSA) is 52.6 Å². The van der Waals surface area contributed by atoms with Crippen molar-refractivity contribution in [3.05, 3.63) is 29.8 Å². The van der Waals surface area contributed by atoms with Crippen LogP contribution in [0.5, 0.6) is 0 Å². The predicted molar refractivity (Wildman–Crippen MR) is 85.9 cm³/mol.